The standard InChI is InChI=1S/C22H18BrNO6/c1-21-14-8-17-16(28-10-29-17)7-12(14)19-22(21,23)13-6-4-3-5-11(13)15(9-18(25)30-19)24(21)20(26)27-2/h3-8,15,19H,9-10H2,1-2H3. The van der Waals surface area contributed by atoms with E-state index in [-0.39, 0.29) is 19.2 Å². The summed E-state index contributed by atoms with van der Waals surface area (Å²) in [7, 11) is 1.36. The van der Waals surface area contributed by atoms with Crippen molar-refractivity contribution < 1.29 is 28.5 Å². The molecule has 30 heavy (non-hydrogen) atoms. The molecule has 1 amide bonds. The van der Waals surface area contributed by atoms with Crippen molar-refractivity contribution in [3.8, 4) is 11.5 Å². The number of carbonyl (C=O) groups excluding carboxylic acids is 2. The Morgan fingerprint density at radius 1 is 1.17 bits per heavy atom. The predicted molar refractivity (Wildman–Crippen MR) is 107 cm³/mol. The fourth-order valence-electron chi connectivity index (χ4n) is 5.63. The number of ether oxygens (including phenoxy) is 4. The number of fused-ring (bicyclic) bond motifs is 6. The monoisotopic (exact) mass is 471 g/mol. The highest BCUT2D eigenvalue weighted by molar-refractivity contribution is 9.09. The lowest BCUT2D eigenvalue weighted by Crippen LogP contribution is -2.62. The number of rotatable bonds is 0. The number of carbonyl (C=O) groups is 2. The number of amides is 1. The Morgan fingerprint density at radius 2 is 1.90 bits per heavy atom. The number of halogens is 1. The van der Waals surface area contributed by atoms with Crippen LogP contribution in [0.2, 0.25) is 0 Å². The fraction of sp³-hybridized carbons (Fsp3) is 0.364. The van der Waals surface area contributed by atoms with E-state index in [2.05, 4.69) is 15.9 Å². The van der Waals surface area contributed by atoms with Gasteiger partial charge in [0.05, 0.1) is 25.1 Å². The molecule has 1 fully saturated rings. The summed E-state index contributed by atoms with van der Waals surface area (Å²) in [5.41, 5.74) is 2.63. The SMILES string of the molecule is COC(=O)N1C2CC(=O)OC3c4cc5c(cc4C1(C)C3(Br)c1ccccc12)OCO5. The summed E-state index contributed by atoms with van der Waals surface area (Å²) in [5.74, 6) is 0.836. The molecule has 1 aliphatic carbocycles. The van der Waals surface area contributed by atoms with Crippen LogP contribution >= 0.6 is 15.9 Å². The van der Waals surface area contributed by atoms with Gasteiger partial charge in [-0.1, -0.05) is 40.2 Å². The summed E-state index contributed by atoms with van der Waals surface area (Å²) < 4.78 is 21.5. The molecule has 2 aromatic rings. The molecule has 4 aliphatic rings. The summed E-state index contributed by atoms with van der Waals surface area (Å²) in [6.07, 6.45) is -1.11. The van der Waals surface area contributed by atoms with E-state index in [4.69, 9.17) is 18.9 Å². The molecule has 0 N–H and O–H groups in total. The predicted octanol–water partition coefficient (Wildman–Crippen LogP) is 4.05. The van der Waals surface area contributed by atoms with Crippen LogP contribution in [0.4, 0.5) is 4.79 Å². The van der Waals surface area contributed by atoms with Crippen molar-refractivity contribution in [1.29, 1.82) is 0 Å². The second kappa shape index (κ2) is 5.69. The van der Waals surface area contributed by atoms with Gasteiger partial charge in [-0.25, -0.2) is 4.79 Å². The van der Waals surface area contributed by atoms with Crippen molar-refractivity contribution >= 4 is 28.0 Å². The van der Waals surface area contributed by atoms with Crippen LogP contribution in [0.1, 0.15) is 47.7 Å². The van der Waals surface area contributed by atoms with Crippen LogP contribution in [0.15, 0.2) is 36.4 Å². The highest BCUT2D eigenvalue weighted by Crippen LogP contribution is 2.71. The number of alkyl halides is 1. The van der Waals surface area contributed by atoms with Crippen LogP contribution in [-0.4, -0.2) is 30.9 Å². The van der Waals surface area contributed by atoms with Crippen molar-refractivity contribution in [2.75, 3.05) is 13.9 Å². The van der Waals surface area contributed by atoms with Crippen LogP contribution in [0.5, 0.6) is 11.5 Å². The number of esters is 1. The summed E-state index contributed by atoms with van der Waals surface area (Å²) in [4.78, 5) is 27.8. The molecule has 3 aliphatic heterocycles. The van der Waals surface area contributed by atoms with Gasteiger partial charge >= 0.3 is 12.1 Å². The Labute approximate surface area is 181 Å². The largest absolute Gasteiger partial charge is 0.455 e. The molecule has 1 saturated heterocycles. The zero-order chi connectivity index (χ0) is 20.8. The van der Waals surface area contributed by atoms with Crippen molar-refractivity contribution in [2.45, 2.75) is 35.4 Å². The van der Waals surface area contributed by atoms with Crippen molar-refractivity contribution in [2.24, 2.45) is 0 Å². The molecule has 2 aromatic carbocycles. The van der Waals surface area contributed by atoms with Crippen LogP contribution in [0, 0.1) is 0 Å². The summed E-state index contributed by atoms with van der Waals surface area (Å²) >= 11 is 3.99. The number of benzene rings is 2. The second-order valence-electron chi connectivity index (χ2n) is 8.09. The fourth-order valence-corrected chi connectivity index (χ4v) is 6.74. The highest BCUT2D eigenvalue weighted by Gasteiger charge is 2.71. The molecule has 0 radical (unpaired) electrons. The lowest BCUT2D eigenvalue weighted by atomic mass is 9.70. The first-order chi connectivity index (χ1) is 14.4. The number of hydrogen-bond acceptors (Lipinski definition) is 6. The Morgan fingerprint density at radius 3 is 2.67 bits per heavy atom. The lowest BCUT2D eigenvalue weighted by molar-refractivity contribution is -0.161. The zero-order valence-electron chi connectivity index (χ0n) is 16.3. The minimum absolute atomic E-state index is 0.0436. The Kier molecular flexibility index (Phi) is 3.43. The molecule has 4 unspecified atom stereocenters. The number of methoxy groups -OCH3 is 1. The minimum atomic E-state index is -0.908. The van der Waals surface area contributed by atoms with Crippen LogP contribution in [0.25, 0.3) is 0 Å². The molecule has 0 saturated carbocycles. The average Bonchev–Trinajstić information content (AvgIpc) is 3.28. The van der Waals surface area contributed by atoms with E-state index < -0.39 is 28.1 Å². The van der Waals surface area contributed by atoms with E-state index in [1.54, 1.807) is 4.90 Å². The third-order valence-corrected chi connectivity index (χ3v) is 8.52. The first-order valence-corrected chi connectivity index (χ1v) is 10.5. The molecule has 0 aromatic heterocycles. The van der Waals surface area contributed by atoms with Gasteiger partial charge < -0.3 is 18.9 Å². The van der Waals surface area contributed by atoms with E-state index in [9.17, 15) is 9.59 Å². The maximum absolute atomic E-state index is 13.2. The smallest absolute Gasteiger partial charge is 0.410 e. The first kappa shape index (κ1) is 18.1. The Balaban J connectivity index is 1.75. The summed E-state index contributed by atoms with van der Waals surface area (Å²) in [5, 5.41) is 0. The van der Waals surface area contributed by atoms with E-state index in [0.29, 0.717) is 11.5 Å². The number of hydrogen-bond donors (Lipinski definition) is 0. The second-order valence-corrected chi connectivity index (χ2v) is 9.34. The first-order valence-electron chi connectivity index (χ1n) is 9.70. The molecular formula is C22H18BrNO6. The molecule has 154 valence electrons. The maximum atomic E-state index is 13.2. The van der Waals surface area contributed by atoms with E-state index in [1.165, 1.54) is 7.11 Å². The highest BCUT2D eigenvalue weighted by atomic mass is 79.9. The van der Waals surface area contributed by atoms with E-state index in [0.717, 1.165) is 22.3 Å². The summed E-state index contributed by atoms with van der Waals surface area (Å²) in [6, 6.07) is 11.1. The van der Waals surface area contributed by atoms with E-state index >= 15 is 0 Å². The molecular weight excluding hydrogens is 454 g/mol. The topological polar surface area (TPSA) is 74.3 Å². The van der Waals surface area contributed by atoms with Gasteiger partial charge in [-0.3, -0.25) is 9.69 Å². The normalized spacial score (nSPS) is 32.1. The maximum Gasteiger partial charge on any atom is 0.410 e. The lowest BCUT2D eigenvalue weighted by Gasteiger charge is -2.57. The molecule has 7 nitrogen and oxygen atoms in total. The van der Waals surface area contributed by atoms with Crippen molar-refractivity contribution in [3.05, 3.63) is 58.7 Å². The Hall–Kier alpha value is -2.74. The van der Waals surface area contributed by atoms with Gasteiger partial charge in [-0.05, 0) is 35.7 Å². The zero-order valence-corrected chi connectivity index (χ0v) is 17.9. The molecule has 6 rings (SSSR count). The summed E-state index contributed by atoms with van der Waals surface area (Å²) in [6.45, 7) is 2.12. The van der Waals surface area contributed by atoms with Gasteiger partial charge in [0.2, 0.25) is 6.79 Å². The molecule has 8 heteroatoms. The number of nitrogens with zero attached hydrogens (tertiary/aromatic N) is 1. The minimum Gasteiger partial charge on any atom is -0.455 e. The van der Waals surface area contributed by atoms with Crippen LogP contribution < -0.4 is 9.47 Å². The third kappa shape index (κ3) is 1.87. The van der Waals surface area contributed by atoms with Gasteiger partial charge in [0.1, 0.15) is 10.4 Å². The van der Waals surface area contributed by atoms with E-state index in [1.807, 2.05) is 43.3 Å². The van der Waals surface area contributed by atoms with Crippen LogP contribution in [-0.2, 0) is 24.1 Å². The van der Waals surface area contributed by atoms with Gasteiger partial charge in [0.15, 0.2) is 11.5 Å². The molecule has 4 atom stereocenters. The van der Waals surface area contributed by atoms with Gasteiger partial charge in [0, 0.05) is 5.56 Å². The molecule has 3 heterocycles. The Bertz CT molecular complexity index is 1130. The average molecular weight is 472 g/mol. The van der Waals surface area contributed by atoms with Gasteiger partial charge in [-0.15, -0.1) is 0 Å². The molecule has 4 bridgehead atoms. The van der Waals surface area contributed by atoms with Gasteiger partial charge in [-0.2, -0.15) is 0 Å². The molecule has 0 spiro atoms. The van der Waals surface area contributed by atoms with Crippen molar-refractivity contribution in [1.82, 2.24) is 4.90 Å². The van der Waals surface area contributed by atoms with Gasteiger partial charge in [0.25, 0.3) is 0 Å². The third-order valence-electron chi connectivity index (χ3n) is 6.91. The van der Waals surface area contributed by atoms with Crippen LogP contribution in [0.3, 0.4) is 0 Å². The quantitative estimate of drug-likeness (QED) is 0.426. The van der Waals surface area contributed by atoms with Crippen molar-refractivity contribution in [3.63, 3.8) is 0 Å².